The van der Waals surface area contributed by atoms with Gasteiger partial charge in [-0.3, -0.25) is 0 Å². The molecule has 18 heavy (non-hydrogen) atoms. The van der Waals surface area contributed by atoms with Crippen molar-refractivity contribution in [2.75, 3.05) is 0 Å². The predicted molar refractivity (Wildman–Crippen MR) is 75.6 cm³/mol. The van der Waals surface area contributed by atoms with Crippen LogP contribution in [0.25, 0.3) is 10.9 Å². The van der Waals surface area contributed by atoms with E-state index in [1.54, 1.807) is 0 Å². The fourth-order valence-electron chi connectivity index (χ4n) is 4.31. The Morgan fingerprint density at radius 3 is 2.89 bits per heavy atom. The molecule has 1 aromatic heterocycles. The third kappa shape index (κ3) is 1.60. The molecule has 4 rings (SSSR count). The molecule has 3 atom stereocenters. The molecule has 3 unspecified atom stereocenters. The molecule has 0 N–H and O–H groups in total. The van der Waals surface area contributed by atoms with Gasteiger partial charge in [0.15, 0.2) is 0 Å². The molecule has 2 aromatic rings. The number of aromatic nitrogens is 1. The van der Waals surface area contributed by atoms with Crippen molar-refractivity contribution in [1.82, 2.24) is 4.57 Å². The Labute approximate surface area is 109 Å². The minimum Gasteiger partial charge on any atom is -0.347 e. The Balaban J connectivity index is 1.65. The quantitative estimate of drug-likeness (QED) is 0.732. The number of hydrogen-bond donors (Lipinski definition) is 0. The lowest BCUT2D eigenvalue weighted by molar-refractivity contribution is 0.299. The number of hydrogen-bond acceptors (Lipinski definition) is 0. The zero-order valence-electron chi connectivity index (χ0n) is 11.1. The second-order valence-corrected chi connectivity index (χ2v) is 6.47. The Kier molecular flexibility index (Phi) is 2.30. The summed E-state index contributed by atoms with van der Waals surface area (Å²) in [6.07, 6.45) is 8.29. The van der Waals surface area contributed by atoms with Gasteiger partial charge in [-0.05, 0) is 67.0 Å². The second kappa shape index (κ2) is 3.88. The van der Waals surface area contributed by atoms with Gasteiger partial charge in [0.25, 0.3) is 0 Å². The van der Waals surface area contributed by atoms with E-state index in [1.807, 2.05) is 0 Å². The van der Waals surface area contributed by atoms with Crippen molar-refractivity contribution >= 4 is 10.9 Å². The third-order valence-corrected chi connectivity index (χ3v) is 5.25. The Hall–Kier alpha value is -1.24. The molecule has 1 heteroatoms. The van der Waals surface area contributed by atoms with Crippen molar-refractivity contribution < 1.29 is 0 Å². The molecule has 1 aromatic carbocycles. The molecule has 0 radical (unpaired) electrons. The molecule has 94 valence electrons. The molecule has 2 fully saturated rings. The molecule has 2 aliphatic rings. The van der Waals surface area contributed by atoms with E-state index in [0.717, 1.165) is 17.8 Å². The van der Waals surface area contributed by atoms with Crippen LogP contribution in [0.4, 0.5) is 0 Å². The summed E-state index contributed by atoms with van der Waals surface area (Å²) >= 11 is 0. The highest BCUT2D eigenvalue weighted by molar-refractivity contribution is 5.80. The smallest absolute Gasteiger partial charge is 0.0483 e. The SMILES string of the molecule is Cc1ccc2ccn(CC3CC4CCC3C4)c2c1. The van der Waals surface area contributed by atoms with Crippen LogP contribution < -0.4 is 0 Å². The lowest BCUT2D eigenvalue weighted by Crippen LogP contribution is -2.16. The number of benzene rings is 1. The average Bonchev–Trinajstić information content (AvgIpc) is 3.05. The fraction of sp³-hybridized carbons (Fsp3) is 0.529. The van der Waals surface area contributed by atoms with Crippen LogP contribution in [0, 0.1) is 24.7 Å². The van der Waals surface area contributed by atoms with E-state index in [0.29, 0.717) is 0 Å². The van der Waals surface area contributed by atoms with Crippen LogP contribution in [0.2, 0.25) is 0 Å². The van der Waals surface area contributed by atoms with Crippen LogP contribution in [0.5, 0.6) is 0 Å². The number of aryl methyl sites for hydroxylation is 1. The highest BCUT2D eigenvalue weighted by Gasteiger charge is 2.39. The summed E-state index contributed by atoms with van der Waals surface area (Å²) in [5.41, 5.74) is 2.80. The van der Waals surface area contributed by atoms with Gasteiger partial charge in [0.2, 0.25) is 0 Å². The maximum Gasteiger partial charge on any atom is 0.0483 e. The molecular weight excluding hydrogens is 218 g/mol. The average molecular weight is 239 g/mol. The van der Waals surface area contributed by atoms with E-state index in [9.17, 15) is 0 Å². The van der Waals surface area contributed by atoms with Crippen molar-refractivity contribution in [2.24, 2.45) is 17.8 Å². The topological polar surface area (TPSA) is 4.93 Å². The summed E-state index contributed by atoms with van der Waals surface area (Å²) in [4.78, 5) is 0. The molecule has 0 spiro atoms. The van der Waals surface area contributed by atoms with Gasteiger partial charge in [-0.2, -0.15) is 0 Å². The van der Waals surface area contributed by atoms with Gasteiger partial charge in [-0.25, -0.2) is 0 Å². The van der Waals surface area contributed by atoms with Gasteiger partial charge >= 0.3 is 0 Å². The molecular formula is C17H21N. The van der Waals surface area contributed by atoms with E-state index in [1.165, 1.54) is 48.7 Å². The Bertz CT molecular complexity index is 580. The van der Waals surface area contributed by atoms with Crippen LogP contribution in [0.1, 0.15) is 31.2 Å². The minimum absolute atomic E-state index is 0.944. The third-order valence-electron chi connectivity index (χ3n) is 5.25. The molecule has 0 amide bonds. The molecule has 2 aliphatic carbocycles. The Morgan fingerprint density at radius 1 is 1.17 bits per heavy atom. The molecule has 2 saturated carbocycles. The zero-order valence-corrected chi connectivity index (χ0v) is 11.1. The maximum absolute atomic E-state index is 2.49. The van der Waals surface area contributed by atoms with Crippen molar-refractivity contribution in [2.45, 2.75) is 39.2 Å². The molecule has 0 saturated heterocycles. The van der Waals surface area contributed by atoms with Crippen LogP contribution in [-0.2, 0) is 6.54 Å². The van der Waals surface area contributed by atoms with Crippen molar-refractivity contribution in [3.63, 3.8) is 0 Å². The monoisotopic (exact) mass is 239 g/mol. The highest BCUT2D eigenvalue weighted by atomic mass is 15.0. The summed E-state index contributed by atoms with van der Waals surface area (Å²) in [5, 5.41) is 1.39. The summed E-state index contributed by atoms with van der Waals surface area (Å²) in [5.74, 6) is 3.03. The highest BCUT2D eigenvalue weighted by Crippen LogP contribution is 2.49. The number of rotatable bonds is 2. The fourth-order valence-corrected chi connectivity index (χ4v) is 4.31. The van der Waals surface area contributed by atoms with Gasteiger partial charge in [0.1, 0.15) is 0 Å². The minimum atomic E-state index is 0.944. The normalized spacial score (nSPS) is 30.4. The van der Waals surface area contributed by atoms with Gasteiger partial charge in [-0.15, -0.1) is 0 Å². The van der Waals surface area contributed by atoms with Crippen LogP contribution in [-0.4, -0.2) is 4.57 Å². The lowest BCUT2D eigenvalue weighted by Gasteiger charge is -2.22. The molecule has 2 bridgehead atoms. The van der Waals surface area contributed by atoms with Crippen LogP contribution in [0.15, 0.2) is 30.5 Å². The van der Waals surface area contributed by atoms with E-state index in [4.69, 9.17) is 0 Å². The first-order valence-electron chi connectivity index (χ1n) is 7.35. The summed E-state index contributed by atoms with van der Waals surface area (Å²) in [6, 6.07) is 9.07. The molecule has 1 heterocycles. The first kappa shape index (κ1) is 10.7. The number of fused-ring (bicyclic) bond motifs is 3. The molecule has 1 nitrogen and oxygen atoms in total. The van der Waals surface area contributed by atoms with Crippen molar-refractivity contribution in [1.29, 1.82) is 0 Å². The van der Waals surface area contributed by atoms with E-state index in [2.05, 4.69) is 42.0 Å². The first-order valence-corrected chi connectivity index (χ1v) is 7.35. The zero-order chi connectivity index (χ0) is 12.1. The largest absolute Gasteiger partial charge is 0.347 e. The van der Waals surface area contributed by atoms with Gasteiger partial charge in [-0.1, -0.05) is 18.6 Å². The van der Waals surface area contributed by atoms with E-state index in [-0.39, 0.29) is 0 Å². The second-order valence-electron chi connectivity index (χ2n) is 6.47. The molecule has 0 aliphatic heterocycles. The van der Waals surface area contributed by atoms with E-state index >= 15 is 0 Å². The maximum atomic E-state index is 2.49. The van der Waals surface area contributed by atoms with Crippen molar-refractivity contribution in [3.05, 3.63) is 36.0 Å². The van der Waals surface area contributed by atoms with Gasteiger partial charge in [0, 0.05) is 18.3 Å². The lowest BCUT2D eigenvalue weighted by atomic mass is 9.89. The van der Waals surface area contributed by atoms with Gasteiger partial charge < -0.3 is 4.57 Å². The summed E-state index contributed by atoms with van der Waals surface area (Å²) in [6.45, 7) is 3.43. The summed E-state index contributed by atoms with van der Waals surface area (Å²) < 4.78 is 2.49. The van der Waals surface area contributed by atoms with Crippen molar-refractivity contribution in [3.8, 4) is 0 Å². The first-order chi connectivity index (χ1) is 8.79. The van der Waals surface area contributed by atoms with E-state index < -0.39 is 0 Å². The number of nitrogens with zero attached hydrogens (tertiary/aromatic N) is 1. The summed E-state index contributed by atoms with van der Waals surface area (Å²) in [7, 11) is 0. The van der Waals surface area contributed by atoms with Crippen LogP contribution >= 0.6 is 0 Å². The van der Waals surface area contributed by atoms with Crippen LogP contribution in [0.3, 0.4) is 0 Å². The Morgan fingerprint density at radius 2 is 2.11 bits per heavy atom. The predicted octanol–water partition coefficient (Wildman–Crippen LogP) is 4.39. The van der Waals surface area contributed by atoms with Gasteiger partial charge in [0.05, 0.1) is 0 Å². The standard InChI is InChI=1S/C17H21N/c1-12-2-4-14-6-7-18(17(14)8-12)11-16-10-13-3-5-15(16)9-13/h2,4,6-8,13,15-16H,3,5,9-11H2,1H3.